The Balaban J connectivity index is 1.72. The molecule has 3 rings (SSSR count). The first-order valence-electron chi connectivity index (χ1n) is 11.3. The van der Waals surface area contributed by atoms with Crippen LogP contribution in [-0.4, -0.2) is 69.7 Å². The van der Waals surface area contributed by atoms with Gasteiger partial charge in [-0.05, 0) is 52.5 Å². The number of hydrogen-bond donors (Lipinski definition) is 0. The van der Waals surface area contributed by atoms with Crippen molar-refractivity contribution in [2.24, 2.45) is 0 Å². The smallest absolute Gasteiger partial charge is 0.410 e. The number of carbonyl (C=O) groups excluding carboxylic acids is 3. The maximum Gasteiger partial charge on any atom is 0.410 e. The van der Waals surface area contributed by atoms with Gasteiger partial charge in [-0.2, -0.15) is 0 Å². The van der Waals surface area contributed by atoms with Crippen LogP contribution in [-0.2, 0) is 25.5 Å². The monoisotopic (exact) mass is 462 g/mol. The summed E-state index contributed by atoms with van der Waals surface area (Å²) in [5.74, 6) is -0.352. The number of thioether (sulfide) groups is 1. The highest BCUT2D eigenvalue weighted by atomic mass is 32.2. The molecule has 0 radical (unpaired) electrons. The van der Waals surface area contributed by atoms with E-state index in [9.17, 15) is 14.4 Å². The van der Waals surface area contributed by atoms with Crippen molar-refractivity contribution in [2.75, 3.05) is 26.2 Å². The van der Waals surface area contributed by atoms with Crippen LogP contribution in [0.15, 0.2) is 30.3 Å². The minimum absolute atomic E-state index is 0.00953. The summed E-state index contributed by atoms with van der Waals surface area (Å²) in [7, 11) is 0. The fourth-order valence-corrected chi connectivity index (χ4v) is 5.91. The Bertz CT molecular complexity index is 815. The van der Waals surface area contributed by atoms with Gasteiger partial charge in [0.2, 0.25) is 5.91 Å². The standard InChI is InChI=1S/C24H34N2O5S/c1-5-30-20(27)17-19-21(28)26(14-11-18-9-7-6-8-10-18)24(32-19)12-15-25(16-13-24)22(29)31-23(2,3)4/h6-10,19H,5,11-17H2,1-4H3. The van der Waals surface area contributed by atoms with Crippen LogP contribution in [0.25, 0.3) is 0 Å². The molecule has 2 aliphatic heterocycles. The molecule has 1 aromatic carbocycles. The average Bonchev–Trinajstić information content (AvgIpc) is 2.97. The number of esters is 1. The number of ether oxygens (including phenoxy) is 2. The molecule has 1 spiro atoms. The topological polar surface area (TPSA) is 76.2 Å². The number of carbonyl (C=O) groups is 3. The van der Waals surface area contributed by atoms with Crippen LogP contribution in [0.3, 0.4) is 0 Å². The summed E-state index contributed by atoms with van der Waals surface area (Å²) in [6.07, 6.45) is 1.81. The molecule has 1 atom stereocenters. The number of likely N-dealkylation sites (tertiary alicyclic amines) is 1. The van der Waals surface area contributed by atoms with Gasteiger partial charge in [-0.1, -0.05) is 30.3 Å². The number of nitrogens with zero attached hydrogens (tertiary/aromatic N) is 2. The molecular weight excluding hydrogens is 428 g/mol. The van der Waals surface area contributed by atoms with E-state index in [0.29, 0.717) is 39.1 Å². The van der Waals surface area contributed by atoms with E-state index in [1.165, 1.54) is 5.56 Å². The fraction of sp³-hybridized carbons (Fsp3) is 0.625. The van der Waals surface area contributed by atoms with Gasteiger partial charge in [-0.25, -0.2) is 4.79 Å². The quantitative estimate of drug-likeness (QED) is 0.598. The second-order valence-electron chi connectivity index (χ2n) is 9.25. The van der Waals surface area contributed by atoms with Gasteiger partial charge in [0, 0.05) is 19.6 Å². The van der Waals surface area contributed by atoms with Crippen LogP contribution in [0.2, 0.25) is 0 Å². The molecule has 0 aromatic heterocycles. The number of rotatable bonds is 6. The Labute approximate surface area is 194 Å². The van der Waals surface area contributed by atoms with Crippen LogP contribution in [0, 0.1) is 0 Å². The molecular formula is C24H34N2O5S. The summed E-state index contributed by atoms with van der Waals surface area (Å²) in [4.78, 5) is 41.2. The van der Waals surface area contributed by atoms with Gasteiger partial charge in [-0.3, -0.25) is 9.59 Å². The maximum absolute atomic E-state index is 13.3. The van der Waals surface area contributed by atoms with Gasteiger partial charge >= 0.3 is 12.1 Å². The van der Waals surface area contributed by atoms with E-state index in [2.05, 4.69) is 12.1 Å². The van der Waals surface area contributed by atoms with E-state index >= 15 is 0 Å². The number of piperidine rings is 1. The second-order valence-corrected chi connectivity index (χ2v) is 10.8. The van der Waals surface area contributed by atoms with Crippen molar-refractivity contribution in [2.45, 2.75) is 69.1 Å². The van der Waals surface area contributed by atoms with Crippen molar-refractivity contribution in [3.8, 4) is 0 Å². The van der Waals surface area contributed by atoms with Crippen molar-refractivity contribution in [1.29, 1.82) is 0 Å². The molecule has 1 aromatic rings. The predicted molar refractivity (Wildman–Crippen MR) is 124 cm³/mol. The maximum atomic E-state index is 13.3. The lowest BCUT2D eigenvalue weighted by Crippen LogP contribution is -2.54. The second kappa shape index (κ2) is 10.1. The third kappa shape index (κ3) is 5.97. The predicted octanol–water partition coefficient (Wildman–Crippen LogP) is 3.85. The van der Waals surface area contributed by atoms with E-state index in [1.54, 1.807) is 23.6 Å². The van der Waals surface area contributed by atoms with Gasteiger partial charge < -0.3 is 19.3 Å². The summed E-state index contributed by atoms with van der Waals surface area (Å²) in [6.45, 7) is 9.25. The van der Waals surface area contributed by atoms with Crippen molar-refractivity contribution < 1.29 is 23.9 Å². The SMILES string of the molecule is CCOC(=O)CC1SC2(CCN(C(=O)OC(C)(C)C)CC2)N(CCc2ccccc2)C1=O. The first kappa shape index (κ1) is 24.4. The number of hydrogen-bond acceptors (Lipinski definition) is 6. The van der Waals surface area contributed by atoms with Crippen LogP contribution >= 0.6 is 11.8 Å². The zero-order chi connectivity index (χ0) is 23.4. The molecule has 0 bridgehead atoms. The molecule has 1 unspecified atom stereocenters. The molecule has 2 fully saturated rings. The van der Waals surface area contributed by atoms with E-state index in [-0.39, 0.29) is 24.4 Å². The largest absolute Gasteiger partial charge is 0.466 e. The van der Waals surface area contributed by atoms with Crippen LogP contribution < -0.4 is 0 Å². The fourth-order valence-electron chi connectivity index (χ4n) is 4.21. The van der Waals surface area contributed by atoms with Gasteiger partial charge in [0.25, 0.3) is 0 Å². The van der Waals surface area contributed by atoms with Crippen LogP contribution in [0.1, 0.15) is 52.5 Å². The minimum Gasteiger partial charge on any atom is -0.466 e. The van der Waals surface area contributed by atoms with E-state index in [0.717, 1.165) is 6.42 Å². The Morgan fingerprint density at radius 2 is 1.81 bits per heavy atom. The average molecular weight is 463 g/mol. The summed E-state index contributed by atoms with van der Waals surface area (Å²) in [5.41, 5.74) is 0.622. The lowest BCUT2D eigenvalue weighted by Gasteiger charge is -2.44. The number of amides is 2. The molecule has 2 saturated heterocycles. The Kier molecular flexibility index (Phi) is 7.75. The van der Waals surface area contributed by atoms with Crippen molar-refractivity contribution >= 4 is 29.7 Å². The molecule has 176 valence electrons. The summed E-state index contributed by atoms with van der Waals surface area (Å²) < 4.78 is 10.6. The van der Waals surface area contributed by atoms with Crippen molar-refractivity contribution in [1.82, 2.24) is 9.80 Å². The van der Waals surface area contributed by atoms with Crippen molar-refractivity contribution in [3.05, 3.63) is 35.9 Å². The third-order valence-electron chi connectivity index (χ3n) is 5.72. The van der Waals surface area contributed by atoms with E-state index in [4.69, 9.17) is 9.47 Å². The van der Waals surface area contributed by atoms with Crippen LogP contribution in [0.4, 0.5) is 4.79 Å². The van der Waals surface area contributed by atoms with E-state index < -0.39 is 15.7 Å². The molecule has 32 heavy (non-hydrogen) atoms. The Hall–Kier alpha value is -2.22. The van der Waals surface area contributed by atoms with Gasteiger partial charge in [0.05, 0.1) is 23.1 Å². The minimum atomic E-state index is -0.545. The molecule has 0 N–H and O–H groups in total. The molecule has 8 heteroatoms. The lowest BCUT2D eigenvalue weighted by atomic mass is 10.0. The molecule has 2 amide bonds. The molecule has 2 heterocycles. The van der Waals surface area contributed by atoms with Gasteiger partial charge in [0.1, 0.15) is 5.60 Å². The Morgan fingerprint density at radius 3 is 2.41 bits per heavy atom. The molecule has 0 aliphatic carbocycles. The van der Waals surface area contributed by atoms with Gasteiger partial charge in [-0.15, -0.1) is 11.8 Å². The van der Waals surface area contributed by atoms with Crippen LogP contribution in [0.5, 0.6) is 0 Å². The first-order chi connectivity index (χ1) is 15.1. The summed E-state index contributed by atoms with van der Waals surface area (Å²) in [6, 6.07) is 10.1. The summed E-state index contributed by atoms with van der Waals surface area (Å²) in [5, 5.41) is -0.446. The highest BCUT2D eigenvalue weighted by molar-refractivity contribution is 8.02. The Morgan fingerprint density at radius 1 is 1.16 bits per heavy atom. The highest BCUT2D eigenvalue weighted by Crippen LogP contribution is 2.49. The third-order valence-corrected chi connectivity index (χ3v) is 7.44. The highest BCUT2D eigenvalue weighted by Gasteiger charge is 2.53. The summed E-state index contributed by atoms with van der Waals surface area (Å²) >= 11 is 1.56. The first-order valence-corrected chi connectivity index (χ1v) is 12.2. The zero-order valence-corrected chi connectivity index (χ0v) is 20.3. The van der Waals surface area contributed by atoms with E-state index in [1.807, 2.05) is 43.9 Å². The van der Waals surface area contributed by atoms with Crippen molar-refractivity contribution in [3.63, 3.8) is 0 Å². The molecule has 7 nitrogen and oxygen atoms in total. The zero-order valence-electron chi connectivity index (χ0n) is 19.5. The molecule has 0 saturated carbocycles. The normalized spacial score (nSPS) is 20.5. The van der Waals surface area contributed by atoms with Gasteiger partial charge in [0.15, 0.2) is 0 Å². The number of benzene rings is 1. The molecule has 2 aliphatic rings. The lowest BCUT2D eigenvalue weighted by molar-refractivity contribution is -0.145.